The monoisotopic (exact) mass is 473 g/mol. The molecule has 1 aromatic heterocycles. The maximum Gasteiger partial charge on any atom is 0.340 e. The van der Waals surface area contributed by atoms with Crippen LogP contribution in [0.25, 0.3) is 0 Å². The van der Waals surface area contributed by atoms with E-state index in [-0.39, 0.29) is 11.9 Å². The van der Waals surface area contributed by atoms with Gasteiger partial charge in [0.15, 0.2) is 0 Å². The summed E-state index contributed by atoms with van der Waals surface area (Å²) < 4.78 is 16.8. The average molecular weight is 474 g/mol. The van der Waals surface area contributed by atoms with Crippen molar-refractivity contribution in [3.05, 3.63) is 72.1 Å². The van der Waals surface area contributed by atoms with Crippen molar-refractivity contribution in [3.63, 3.8) is 0 Å². The fourth-order valence-corrected chi connectivity index (χ4v) is 4.34. The van der Waals surface area contributed by atoms with Crippen molar-refractivity contribution >= 4 is 23.0 Å². The first kappa shape index (κ1) is 23.0. The van der Waals surface area contributed by atoms with E-state index in [1.807, 2.05) is 12.1 Å². The molecular weight excluding hydrogens is 442 g/mol. The molecule has 1 fully saturated rings. The van der Waals surface area contributed by atoms with Crippen molar-refractivity contribution < 1.29 is 19.0 Å². The van der Waals surface area contributed by atoms with Gasteiger partial charge in [0.05, 0.1) is 37.8 Å². The first-order valence-corrected chi connectivity index (χ1v) is 12.1. The Hall–Kier alpha value is -3.74. The second-order valence-electron chi connectivity index (χ2n) is 9.16. The van der Waals surface area contributed by atoms with E-state index in [9.17, 15) is 4.79 Å². The van der Waals surface area contributed by atoms with Crippen LogP contribution in [-0.2, 0) is 4.74 Å². The first-order valence-electron chi connectivity index (χ1n) is 12.1. The Labute approximate surface area is 206 Å². The summed E-state index contributed by atoms with van der Waals surface area (Å²) >= 11 is 0. The van der Waals surface area contributed by atoms with Gasteiger partial charge in [-0.1, -0.05) is 6.07 Å². The minimum Gasteiger partial charge on any atom is -0.493 e. The summed E-state index contributed by atoms with van der Waals surface area (Å²) in [6.07, 6.45) is 6.72. The summed E-state index contributed by atoms with van der Waals surface area (Å²) in [6, 6.07) is 16.3. The Bertz CT molecular complexity index is 1180. The van der Waals surface area contributed by atoms with Crippen molar-refractivity contribution in [2.24, 2.45) is 5.92 Å². The van der Waals surface area contributed by atoms with Gasteiger partial charge in [-0.05, 0) is 67.1 Å². The number of rotatable bonds is 9. The third-order valence-corrected chi connectivity index (χ3v) is 6.72. The molecule has 1 N–H and O–H groups in total. The summed E-state index contributed by atoms with van der Waals surface area (Å²) in [6.45, 7) is 2.14. The topological polar surface area (TPSA) is 72.9 Å². The molecule has 0 bridgehead atoms. The highest BCUT2D eigenvalue weighted by atomic mass is 16.5. The van der Waals surface area contributed by atoms with Gasteiger partial charge in [0.1, 0.15) is 11.5 Å². The van der Waals surface area contributed by atoms with Crippen molar-refractivity contribution in [1.82, 2.24) is 4.98 Å². The van der Waals surface area contributed by atoms with Crippen molar-refractivity contribution in [1.29, 1.82) is 0 Å². The summed E-state index contributed by atoms with van der Waals surface area (Å²) in [4.78, 5) is 18.4. The van der Waals surface area contributed by atoms with Gasteiger partial charge < -0.3 is 24.4 Å². The molecule has 182 valence electrons. The van der Waals surface area contributed by atoms with Gasteiger partial charge in [-0.25, -0.2) is 4.79 Å². The standard InChI is InChI=1S/C28H31N3O4/c1-31(21-5-8-23(9-6-21)35-18-19-3-4-19)22-7-10-24-20(12-14-34-27(24)15-22)16-30-26-17-29-13-11-25(26)28(32)33-2/h5-11,13,15,17,19-20,30H,3-4,12,14,16,18H2,1-2H3/t20-/m0/s1. The zero-order valence-corrected chi connectivity index (χ0v) is 20.2. The number of pyridine rings is 1. The Kier molecular flexibility index (Phi) is 6.75. The molecule has 3 aromatic rings. The van der Waals surface area contributed by atoms with Gasteiger partial charge in [-0.2, -0.15) is 0 Å². The average Bonchev–Trinajstić information content (AvgIpc) is 3.74. The number of nitrogens with one attached hydrogen (secondary N) is 1. The van der Waals surface area contributed by atoms with Gasteiger partial charge in [0.25, 0.3) is 0 Å². The normalized spacial score (nSPS) is 16.6. The van der Waals surface area contributed by atoms with Crippen molar-refractivity contribution in [3.8, 4) is 11.5 Å². The smallest absolute Gasteiger partial charge is 0.340 e. The number of hydrogen-bond donors (Lipinski definition) is 1. The van der Waals surface area contributed by atoms with E-state index >= 15 is 0 Å². The van der Waals surface area contributed by atoms with E-state index in [2.05, 4.69) is 52.6 Å². The molecule has 0 saturated heterocycles. The number of ether oxygens (including phenoxy) is 3. The third-order valence-electron chi connectivity index (χ3n) is 6.72. The lowest BCUT2D eigenvalue weighted by atomic mass is 9.92. The van der Waals surface area contributed by atoms with E-state index in [1.54, 1.807) is 18.5 Å². The highest BCUT2D eigenvalue weighted by Gasteiger charge is 2.24. The molecule has 1 saturated carbocycles. The number of esters is 1. The second kappa shape index (κ2) is 10.3. The maximum atomic E-state index is 12.1. The minimum absolute atomic E-state index is 0.256. The molecule has 7 heteroatoms. The predicted molar refractivity (Wildman–Crippen MR) is 136 cm³/mol. The molecular formula is C28H31N3O4. The molecule has 35 heavy (non-hydrogen) atoms. The number of fused-ring (bicyclic) bond motifs is 1. The third kappa shape index (κ3) is 5.34. The van der Waals surface area contributed by atoms with E-state index < -0.39 is 0 Å². The van der Waals surface area contributed by atoms with Crippen molar-refractivity contribution in [2.45, 2.75) is 25.2 Å². The van der Waals surface area contributed by atoms with Crippen LogP contribution in [0.3, 0.4) is 0 Å². The Morgan fingerprint density at radius 3 is 2.69 bits per heavy atom. The Morgan fingerprint density at radius 1 is 1.11 bits per heavy atom. The van der Waals surface area contributed by atoms with Gasteiger partial charge in [0, 0.05) is 43.1 Å². The lowest BCUT2D eigenvalue weighted by Crippen LogP contribution is -2.22. The van der Waals surface area contributed by atoms with Crippen LogP contribution < -0.4 is 19.7 Å². The number of carbonyl (C=O) groups is 1. The summed E-state index contributed by atoms with van der Waals surface area (Å²) in [5.41, 5.74) is 4.46. The van der Waals surface area contributed by atoms with Crippen LogP contribution >= 0.6 is 0 Å². The molecule has 0 unspecified atom stereocenters. The zero-order valence-electron chi connectivity index (χ0n) is 20.2. The number of hydrogen-bond acceptors (Lipinski definition) is 7. The summed E-state index contributed by atoms with van der Waals surface area (Å²) in [5, 5.41) is 3.39. The predicted octanol–water partition coefficient (Wildman–Crippen LogP) is 5.40. The lowest BCUT2D eigenvalue weighted by Gasteiger charge is -2.28. The number of carbonyl (C=O) groups excluding carboxylic acids is 1. The van der Waals surface area contributed by atoms with Gasteiger partial charge in [-0.15, -0.1) is 0 Å². The van der Waals surface area contributed by atoms with Crippen LogP contribution in [-0.4, -0.2) is 44.9 Å². The first-order chi connectivity index (χ1) is 17.1. The minimum atomic E-state index is -0.377. The highest BCUT2D eigenvalue weighted by molar-refractivity contribution is 5.95. The fourth-order valence-electron chi connectivity index (χ4n) is 4.34. The lowest BCUT2D eigenvalue weighted by molar-refractivity contribution is 0.0601. The molecule has 0 radical (unpaired) electrons. The van der Waals surface area contributed by atoms with Gasteiger partial charge in [0.2, 0.25) is 0 Å². The largest absolute Gasteiger partial charge is 0.493 e. The van der Waals surface area contributed by atoms with E-state index in [1.165, 1.54) is 20.0 Å². The molecule has 1 aliphatic heterocycles. The SMILES string of the molecule is COC(=O)c1ccncc1NC[C@@H]1CCOc2cc(N(C)c3ccc(OCC4CC4)cc3)ccc21. The molecule has 7 nitrogen and oxygen atoms in total. The molecule has 1 aliphatic carbocycles. The molecule has 2 aromatic carbocycles. The van der Waals surface area contributed by atoms with Gasteiger partial charge >= 0.3 is 5.97 Å². The number of anilines is 3. The van der Waals surface area contributed by atoms with Crippen LogP contribution in [0.2, 0.25) is 0 Å². The number of benzene rings is 2. The molecule has 1 atom stereocenters. The molecule has 2 aliphatic rings. The van der Waals surface area contributed by atoms with Crippen LogP contribution in [0.5, 0.6) is 11.5 Å². The number of methoxy groups -OCH3 is 1. The molecule has 0 spiro atoms. The molecule has 2 heterocycles. The number of nitrogens with zero attached hydrogens (tertiary/aromatic N) is 2. The van der Waals surface area contributed by atoms with Gasteiger partial charge in [-0.3, -0.25) is 4.98 Å². The quantitative estimate of drug-likeness (QED) is 0.417. The zero-order chi connectivity index (χ0) is 24.2. The fraction of sp³-hybridized carbons (Fsp3) is 0.357. The van der Waals surface area contributed by atoms with Crippen LogP contribution in [0, 0.1) is 5.92 Å². The van der Waals surface area contributed by atoms with Crippen LogP contribution in [0.1, 0.15) is 41.1 Å². The molecule has 0 amide bonds. The van der Waals surface area contributed by atoms with E-state index in [4.69, 9.17) is 14.2 Å². The highest BCUT2D eigenvalue weighted by Crippen LogP contribution is 2.38. The summed E-state index contributed by atoms with van der Waals surface area (Å²) in [5.74, 6) is 2.44. The van der Waals surface area contributed by atoms with E-state index in [0.717, 1.165) is 47.4 Å². The Morgan fingerprint density at radius 2 is 1.91 bits per heavy atom. The summed E-state index contributed by atoms with van der Waals surface area (Å²) in [7, 11) is 3.44. The van der Waals surface area contributed by atoms with Crippen LogP contribution in [0.15, 0.2) is 60.9 Å². The van der Waals surface area contributed by atoms with Crippen LogP contribution in [0.4, 0.5) is 17.1 Å². The maximum absolute atomic E-state index is 12.1. The number of aromatic nitrogens is 1. The molecule has 5 rings (SSSR count). The second-order valence-corrected chi connectivity index (χ2v) is 9.16. The van der Waals surface area contributed by atoms with E-state index in [0.29, 0.717) is 24.4 Å². The van der Waals surface area contributed by atoms with Crippen molar-refractivity contribution in [2.75, 3.05) is 44.1 Å². The Balaban J connectivity index is 1.26.